The second kappa shape index (κ2) is 10.4. The highest BCUT2D eigenvalue weighted by molar-refractivity contribution is 7.89. The van der Waals surface area contributed by atoms with E-state index in [2.05, 4.69) is 4.89 Å². The number of hydrogen-bond donors (Lipinski definition) is 0. The van der Waals surface area contributed by atoms with Gasteiger partial charge in [-0.05, 0) is 77.4 Å². The lowest BCUT2D eigenvalue weighted by Gasteiger charge is -2.33. The Morgan fingerprint density at radius 1 is 1.05 bits per heavy atom. The third-order valence-corrected chi connectivity index (χ3v) is 8.67. The van der Waals surface area contributed by atoms with E-state index in [4.69, 9.17) is 4.89 Å². The Bertz CT molecular complexity index is 1470. The van der Waals surface area contributed by atoms with E-state index < -0.39 is 27.7 Å². The molecule has 0 N–H and O–H groups in total. The predicted molar refractivity (Wildman–Crippen MR) is 136 cm³/mol. The van der Waals surface area contributed by atoms with E-state index in [0.717, 1.165) is 23.3 Å². The number of carbonyl (C=O) groups is 1. The van der Waals surface area contributed by atoms with Crippen LogP contribution in [-0.4, -0.2) is 25.2 Å². The lowest BCUT2D eigenvalue weighted by molar-refractivity contribution is -0.211. The van der Waals surface area contributed by atoms with Gasteiger partial charge in [-0.1, -0.05) is 38.1 Å². The zero-order valence-corrected chi connectivity index (χ0v) is 22.2. The van der Waals surface area contributed by atoms with E-state index in [0.29, 0.717) is 28.7 Å². The van der Waals surface area contributed by atoms with Crippen molar-refractivity contribution < 1.29 is 36.2 Å². The van der Waals surface area contributed by atoms with Crippen molar-refractivity contribution in [2.24, 2.45) is 0 Å². The lowest BCUT2D eigenvalue weighted by atomic mass is 9.89. The molecule has 6 nitrogen and oxygen atoms in total. The first-order valence-corrected chi connectivity index (χ1v) is 13.5. The molecule has 0 bridgehead atoms. The second-order valence-corrected chi connectivity index (χ2v) is 11.3. The summed E-state index contributed by atoms with van der Waals surface area (Å²) in [5, 5.41) is 0. The molecule has 10 heteroatoms. The largest absolute Gasteiger partial charge is 0.416 e. The highest BCUT2D eigenvalue weighted by Gasteiger charge is 2.34. The predicted octanol–water partition coefficient (Wildman–Crippen LogP) is 6.41. The third-order valence-electron chi connectivity index (χ3n) is 6.77. The Hall–Kier alpha value is -3.37. The van der Waals surface area contributed by atoms with Crippen LogP contribution in [0.15, 0.2) is 59.5 Å². The first kappa shape index (κ1) is 27.7. The van der Waals surface area contributed by atoms with Gasteiger partial charge in [0.1, 0.15) is 0 Å². The molecule has 202 valence electrons. The molecule has 0 spiro atoms. The molecule has 1 unspecified atom stereocenters. The minimum Gasteiger partial charge on any atom is -0.287 e. The van der Waals surface area contributed by atoms with E-state index in [-0.39, 0.29) is 29.7 Å². The molecule has 0 saturated carbocycles. The fraction of sp³-hybridized carbons (Fsp3) is 0.321. The minimum atomic E-state index is -4.42. The monoisotopic (exact) mass is 547 g/mol. The molecule has 0 fully saturated rings. The molecule has 0 amide bonds. The van der Waals surface area contributed by atoms with E-state index in [1.54, 1.807) is 6.92 Å². The molecule has 0 saturated heterocycles. The average molecular weight is 548 g/mol. The van der Waals surface area contributed by atoms with Crippen molar-refractivity contribution in [2.75, 3.05) is 6.54 Å². The standard InChI is InChI=1S/C28H28F3NO5S/c1-5-24-18(3)26(37-36-19(4)33)12-13-27(24)38(34,35)32-15-17(2)25-11-8-21(14-22(25)16-32)20-6-9-23(10-7-20)28(29,30)31/h6-14,17H,5,15-16H2,1-4H3. The second-order valence-electron chi connectivity index (χ2n) is 9.36. The van der Waals surface area contributed by atoms with Crippen molar-refractivity contribution in [3.8, 4) is 16.9 Å². The third kappa shape index (κ3) is 5.42. The van der Waals surface area contributed by atoms with Gasteiger partial charge in [0.15, 0.2) is 5.75 Å². The number of alkyl halides is 3. The van der Waals surface area contributed by atoms with Gasteiger partial charge in [-0.15, -0.1) is 0 Å². The van der Waals surface area contributed by atoms with Gasteiger partial charge in [0.25, 0.3) is 0 Å². The smallest absolute Gasteiger partial charge is 0.287 e. The minimum absolute atomic E-state index is 0.0899. The topological polar surface area (TPSA) is 72.9 Å². The summed E-state index contributed by atoms with van der Waals surface area (Å²) in [7, 11) is -3.91. The molecular weight excluding hydrogens is 519 g/mol. The van der Waals surface area contributed by atoms with Crippen LogP contribution in [0.5, 0.6) is 5.75 Å². The quantitative estimate of drug-likeness (QED) is 0.264. The van der Waals surface area contributed by atoms with Crippen LogP contribution >= 0.6 is 0 Å². The van der Waals surface area contributed by atoms with Gasteiger partial charge >= 0.3 is 12.1 Å². The van der Waals surface area contributed by atoms with Crippen LogP contribution in [0.4, 0.5) is 13.2 Å². The van der Waals surface area contributed by atoms with Crippen molar-refractivity contribution in [1.29, 1.82) is 0 Å². The van der Waals surface area contributed by atoms with Crippen molar-refractivity contribution in [3.05, 3.63) is 82.4 Å². The summed E-state index contributed by atoms with van der Waals surface area (Å²) in [4.78, 5) is 21.0. The zero-order valence-electron chi connectivity index (χ0n) is 21.4. The highest BCUT2D eigenvalue weighted by Crippen LogP contribution is 2.37. The molecule has 1 aliphatic heterocycles. The van der Waals surface area contributed by atoms with Gasteiger partial charge < -0.3 is 0 Å². The van der Waals surface area contributed by atoms with Crippen LogP contribution < -0.4 is 4.89 Å². The fourth-order valence-electron chi connectivity index (χ4n) is 4.82. The summed E-state index contributed by atoms with van der Waals surface area (Å²) in [5.74, 6) is -0.460. The van der Waals surface area contributed by atoms with Crippen molar-refractivity contribution in [2.45, 2.75) is 57.7 Å². The van der Waals surface area contributed by atoms with E-state index in [1.165, 1.54) is 35.5 Å². The summed E-state index contributed by atoms with van der Waals surface area (Å²) < 4.78 is 68.0. The van der Waals surface area contributed by atoms with Crippen LogP contribution in [-0.2, 0) is 38.8 Å². The van der Waals surface area contributed by atoms with Gasteiger partial charge in [0, 0.05) is 25.6 Å². The average Bonchev–Trinajstić information content (AvgIpc) is 2.86. The van der Waals surface area contributed by atoms with Crippen LogP contribution in [0.25, 0.3) is 11.1 Å². The van der Waals surface area contributed by atoms with Crippen LogP contribution in [0.3, 0.4) is 0 Å². The Morgan fingerprint density at radius 2 is 1.71 bits per heavy atom. The molecule has 4 rings (SSSR count). The summed E-state index contributed by atoms with van der Waals surface area (Å²) in [6, 6.07) is 13.4. The molecule has 0 aromatic heterocycles. The number of nitrogens with zero attached hydrogens (tertiary/aromatic N) is 1. The number of halogens is 3. The van der Waals surface area contributed by atoms with E-state index in [9.17, 15) is 26.4 Å². The number of benzene rings is 3. The normalized spacial score (nSPS) is 16.1. The summed E-state index contributed by atoms with van der Waals surface area (Å²) in [6.45, 7) is 7.10. The Labute approximate surface area is 220 Å². The molecule has 1 atom stereocenters. The van der Waals surface area contributed by atoms with Gasteiger partial charge in [0.05, 0.1) is 10.5 Å². The SMILES string of the molecule is CCc1c(S(=O)(=O)N2Cc3cc(-c4ccc(C(F)(F)F)cc4)ccc3C(C)C2)ccc(OOC(C)=O)c1C. The highest BCUT2D eigenvalue weighted by atomic mass is 32.2. The molecule has 3 aromatic rings. The van der Waals surface area contributed by atoms with Crippen LogP contribution in [0.1, 0.15) is 54.5 Å². The molecular formula is C28H28F3NO5S. The number of hydrogen-bond acceptors (Lipinski definition) is 5. The maximum atomic E-state index is 13.8. The number of fused-ring (bicyclic) bond motifs is 1. The van der Waals surface area contributed by atoms with Gasteiger partial charge in [-0.2, -0.15) is 17.5 Å². The molecule has 0 radical (unpaired) electrons. The Kier molecular flexibility index (Phi) is 7.58. The van der Waals surface area contributed by atoms with Crippen LogP contribution in [0, 0.1) is 6.92 Å². The van der Waals surface area contributed by atoms with E-state index >= 15 is 0 Å². The first-order chi connectivity index (χ1) is 17.8. The Morgan fingerprint density at radius 3 is 2.32 bits per heavy atom. The van der Waals surface area contributed by atoms with Gasteiger partial charge in [-0.25, -0.2) is 13.2 Å². The zero-order chi connectivity index (χ0) is 27.8. The van der Waals surface area contributed by atoms with Crippen LogP contribution in [0.2, 0.25) is 0 Å². The Balaban J connectivity index is 1.66. The van der Waals surface area contributed by atoms with Gasteiger partial charge in [-0.3, -0.25) is 9.78 Å². The molecule has 38 heavy (non-hydrogen) atoms. The lowest BCUT2D eigenvalue weighted by Crippen LogP contribution is -2.38. The molecule has 1 aliphatic rings. The number of rotatable bonds is 6. The number of sulfonamides is 1. The fourth-order valence-corrected chi connectivity index (χ4v) is 6.68. The summed E-state index contributed by atoms with van der Waals surface area (Å²) in [5.41, 5.74) is 3.52. The maximum absolute atomic E-state index is 13.8. The van der Waals surface area contributed by atoms with Crippen molar-refractivity contribution >= 4 is 16.0 Å². The summed E-state index contributed by atoms with van der Waals surface area (Å²) in [6.07, 6.45) is -4.01. The summed E-state index contributed by atoms with van der Waals surface area (Å²) >= 11 is 0. The van der Waals surface area contributed by atoms with Crippen molar-refractivity contribution in [3.63, 3.8) is 0 Å². The molecule has 1 heterocycles. The van der Waals surface area contributed by atoms with E-state index in [1.807, 2.05) is 32.0 Å². The first-order valence-electron chi connectivity index (χ1n) is 12.1. The number of carbonyl (C=O) groups excluding carboxylic acids is 1. The molecule has 3 aromatic carbocycles. The van der Waals surface area contributed by atoms with Crippen molar-refractivity contribution in [1.82, 2.24) is 4.31 Å². The molecule has 0 aliphatic carbocycles. The van der Waals surface area contributed by atoms with Gasteiger partial charge in [0.2, 0.25) is 10.0 Å². The maximum Gasteiger partial charge on any atom is 0.416 e.